The van der Waals surface area contributed by atoms with Crippen molar-refractivity contribution in [2.45, 2.75) is 25.7 Å². The van der Waals surface area contributed by atoms with Crippen LogP contribution in [0.15, 0.2) is 30.3 Å². The lowest BCUT2D eigenvalue weighted by molar-refractivity contribution is -0.120. The summed E-state index contributed by atoms with van der Waals surface area (Å²) in [6.45, 7) is 0.546. The molecule has 1 aromatic rings. The normalized spacial score (nSPS) is 10.2. The Kier molecular flexibility index (Phi) is 5.71. The highest BCUT2D eigenvalue weighted by Gasteiger charge is 2.01. The molecule has 0 aliphatic rings. The van der Waals surface area contributed by atoms with Crippen molar-refractivity contribution >= 4 is 5.78 Å². The largest absolute Gasteiger partial charge is 0.384 e. The second kappa shape index (κ2) is 7.18. The average molecular weight is 206 g/mol. The molecule has 0 atom stereocenters. The van der Waals surface area contributed by atoms with Gasteiger partial charge in [0.15, 0.2) is 0 Å². The second-order valence-electron chi connectivity index (χ2n) is 3.62. The third kappa shape index (κ3) is 5.33. The van der Waals surface area contributed by atoms with Gasteiger partial charge in [-0.25, -0.2) is 0 Å². The number of rotatable bonds is 7. The van der Waals surface area contributed by atoms with Crippen LogP contribution < -0.4 is 0 Å². The Morgan fingerprint density at radius 3 is 2.60 bits per heavy atom. The van der Waals surface area contributed by atoms with Crippen LogP contribution in [0.25, 0.3) is 0 Å². The molecular weight excluding hydrogens is 188 g/mol. The Morgan fingerprint density at radius 2 is 1.93 bits per heavy atom. The van der Waals surface area contributed by atoms with Crippen LogP contribution in [0, 0.1) is 0 Å². The zero-order valence-electron chi connectivity index (χ0n) is 9.24. The van der Waals surface area contributed by atoms with Gasteiger partial charge in [-0.2, -0.15) is 0 Å². The van der Waals surface area contributed by atoms with Gasteiger partial charge >= 0.3 is 0 Å². The van der Waals surface area contributed by atoms with Gasteiger partial charge in [-0.1, -0.05) is 30.3 Å². The number of aryl methyl sites for hydroxylation is 1. The van der Waals surface area contributed by atoms with E-state index in [1.807, 2.05) is 18.2 Å². The standard InChI is InChI=1S/C13H18O2/c1-15-11-10-13(14)9-5-8-12-6-3-2-4-7-12/h2-4,6-7H,5,8-11H2,1H3. The molecule has 0 aliphatic carbocycles. The number of hydrogen-bond acceptors (Lipinski definition) is 2. The molecule has 2 nitrogen and oxygen atoms in total. The highest BCUT2D eigenvalue weighted by atomic mass is 16.5. The van der Waals surface area contributed by atoms with Gasteiger partial charge in [0.1, 0.15) is 5.78 Å². The van der Waals surface area contributed by atoms with E-state index in [9.17, 15) is 4.79 Å². The lowest BCUT2D eigenvalue weighted by atomic mass is 10.1. The molecule has 0 saturated carbocycles. The number of ether oxygens (including phenoxy) is 1. The van der Waals surface area contributed by atoms with Crippen molar-refractivity contribution in [1.82, 2.24) is 0 Å². The van der Waals surface area contributed by atoms with Gasteiger partial charge in [-0.05, 0) is 18.4 Å². The summed E-state index contributed by atoms with van der Waals surface area (Å²) in [5, 5.41) is 0. The smallest absolute Gasteiger partial charge is 0.135 e. The Hall–Kier alpha value is -1.15. The van der Waals surface area contributed by atoms with Crippen molar-refractivity contribution in [2.75, 3.05) is 13.7 Å². The highest BCUT2D eigenvalue weighted by molar-refractivity contribution is 5.78. The fourth-order valence-electron chi connectivity index (χ4n) is 1.48. The molecule has 0 radical (unpaired) electrons. The fourth-order valence-corrected chi connectivity index (χ4v) is 1.48. The quantitative estimate of drug-likeness (QED) is 0.685. The summed E-state index contributed by atoms with van der Waals surface area (Å²) in [5.41, 5.74) is 1.30. The predicted molar refractivity (Wildman–Crippen MR) is 60.9 cm³/mol. The Bertz CT molecular complexity index is 280. The zero-order chi connectivity index (χ0) is 10.9. The Morgan fingerprint density at radius 1 is 1.20 bits per heavy atom. The van der Waals surface area contributed by atoms with Crippen LogP contribution in [-0.2, 0) is 16.0 Å². The molecule has 0 amide bonds. The molecule has 0 fully saturated rings. The summed E-state index contributed by atoms with van der Waals surface area (Å²) >= 11 is 0. The molecule has 0 saturated heterocycles. The minimum absolute atomic E-state index is 0.299. The van der Waals surface area contributed by atoms with Gasteiger partial charge in [0, 0.05) is 20.0 Å². The molecule has 0 aliphatic heterocycles. The van der Waals surface area contributed by atoms with Gasteiger partial charge in [0.25, 0.3) is 0 Å². The number of hydrogen-bond donors (Lipinski definition) is 0. The Balaban J connectivity index is 2.14. The lowest BCUT2D eigenvalue weighted by Gasteiger charge is -2.01. The van der Waals surface area contributed by atoms with Gasteiger partial charge in [-0.3, -0.25) is 4.79 Å². The maximum Gasteiger partial charge on any atom is 0.135 e. The van der Waals surface area contributed by atoms with Crippen LogP contribution in [0.4, 0.5) is 0 Å². The average Bonchev–Trinajstić information content (AvgIpc) is 2.28. The minimum Gasteiger partial charge on any atom is -0.384 e. The molecule has 2 heteroatoms. The van der Waals surface area contributed by atoms with Crippen LogP contribution in [0.3, 0.4) is 0 Å². The van der Waals surface area contributed by atoms with E-state index in [2.05, 4.69) is 12.1 Å². The highest BCUT2D eigenvalue weighted by Crippen LogP contribution is 2.05. The van der Waals surface area contributed by atoms with Crippen LogP contribution in [0.5, 0.6) is 0 Å². The first-order valence-electron chi connectivity index (χ1n) is 5.37. The summed E-state index contributed by atoms with van der Waals surface area (Å²) in [4.78, 5) is 11.3. The van der Waals surface area contributed by atoms with Crippen LogP contribution in [-0.4, -0.2) is 19.5 Å². The van der Waals surface area contributed by atoms with E-state index < -0.39 is 0 Å². The number of methoxy groups -OCH3 is 1. The molecule has 1 aromatic carbocycles. The molecule has 0 bridgehead atoms. The predicted octanol–water partition coefficient (Wildman–Crippen LogP) is 2.61. The van der Waals surface area contributed by atoms with E-state index in [1.54, 1.807) is 7.11 Å². The monoisotopic (exact) mass is 206 g/mol. The van der Waals surface area contributed by atoms with E-state index in [0.29, 0.717) is 25.2 Å². The van der Waals surface area contributed by atoms with E-state index in [1.165, 1.54) is 5.56 Å². The fraction of sp³-hybridized carbons (Fsp3) is 0.462. The lowest BCUT2D eigenvalue weighted by Crippen LogP contribution is -2.02. The maximum atomic E-state index is 11.3. The van der Waals surface area contributed by atoms with E-state index >= 15 is 0 Å². The van der Waals surface area contributed by atoms with Crippen molar-refractivity contribution < 1.29 is 9.53 Å². The molecule has 0 N–H and O–H groups in total. The van der Waals surface area contributed by atoms with Crippen LogP contribution in [0.1, 0.15) is 24.8 Å². The zero-order valence-corrected chi connectivity index (χ0v) is 9.24. The van der Waals surface area contributed by atoms with Crippen molar-refractivity contribution in [1.29, 1.82) is 0 Å². The number of benzene rings is 1. The summed E-state index contributed by atoms with van der Waals surface area (Å²) in [6.07, 6.45) is 3.13. The van der Waals surface area contributed by atoms with Crippen molar-refractivity contribution in [2.24, 2.45) is 0 Å². The maximum absolute atomic E-state index is 11.3. The summed E-state index contributed by atoms with van der Waals surface area (Å²) in [6, 6.07) is 10.3. The molecule has 1 rings (SSSR count). The first kappa shape index (κ1) is 11.9. The minimum atomic E-state index is 0.299. The van der Waals surface area contributed by atoms with E-state index in [-0.39, 0.29) is 0 Å². The summed E-state index contributed by atoms with van der Waals surface area (Å²) in [5.74, 6) is 0.299. The molecule has 0 heterocycles. The number of ketones is 1. The van der Waals surface area contributed by atoms with Gasteiger partial charge in [0.2, 0.25) is 0 Å². The number of carbonyl (C=O) groups is 1. The Labute approximate surface area is 91.3 Å². The first-order valence-corrected chi connectivity index (χ1v) is 5.37. The van der Waals surface area contributed by atoms with E-state index in [4.69, 9.17) is 4.74 Å². The molecule has 0 unspecified atom stereocenters. The SMILES string of the molecule is COCCC(=O)CCCc1ccccc1. The summed E-state index contributed by atoms with van der Waals surface area (Å²) < 4.78 is 4.86. The summed E-state index contributed by atoms with van der Waals surface area (Å²) in [7, 11) is 1.62. The number of carbonyl (C=O) groups excluding carboxylic acids is 1. The van der Waals surface area contributed by atoms with E-state index in [0.717, 1.165) is 12.8 Å². The number of Topliss-reactive ketones (excluding diaryl/α,β-unsaturated/α-hetero) is 1. The molecular formula is C13H18O2. The van der Waals surface area contributed by atoms with Gasteiger partial charge < -0.3 is 4.74 Å². The van der Waals surface area contributed by atoms with Crippen LogP contribution >= 0.6 is 0 Å². The topological polar surface area (TPSA) is 26.3 Å². The first-order chi connectivity index (χ1) is 7.33. The van der Waals surface area contributed by atoms with Crippen LogP contribution in [0.2, 0.25) is 0 Å². The molecule has 15 heavy (non-hydrogen) atoms. The molecule has 0 spiro atoms. The van der Waals surface area contributed by atoms with Crippen molar-refractivity contribution in [3.8, 4) is 0 Å². The second-order valence-corrected chi connectivity index (χ2v) is 3.62. The van der Waals surface area contributed by atoms with Crippen molar-refractivity contribution in [3.05, 3.63) is 35.9 Å². The van der Waals surface area contributed by atoms with Gasteiger partial charge in [0.05, 0.1) is 6.61 Å². The van der Waals surface area contributed by atoms with Gasteiger partial charge in [-0.15, -0.1) is 0 Å². The molecule has 82 valence electrons. The third-order valence-corrected chi connectivity index (χ3v) is 2.35. The molecule has 0 aromatic heterocycles. The third-order valence-electron chi connectivity index (χ3n) is 2.35. The van der Waals surface area contributed by atoms with Crippen molar-refractivity contribution in [3.63, 3.8) is 0 Å².